The number of aliphatic carboxylic acids is 1. The second-order valence-electron chi connectivity index (χ2n) is 3.37. The summed E-state index contributed by atoms with van der Waals surface area (Å²) >= 11 is 3.35. The molecule has 1 aromatic carbocycles. The molecule has 1 aromatic rings. The lowest BCUT2D eigenvalue weighted by atomic mass is 10.1. The van der Waals surface area contributed by atoms with Gasteiger partial charge in [-0.1, -0.05) is 15.9 Å². The number of fused-ring (bicyclic) bond motifs is 1. The van der Waals surface area contributed by atoms with Gasteiger partial charge >= 0.3 is 5.97 Å². The van der Waals surface area contributed by atoms with Crippen molar-refractivity contribution in [3.05, 3.63) is 22.2 Å². The summed E-state index contributed by atoms with van der Waals surface area (Å²) in [5.74, 6) is -0.125. The number of benzene rings is 1. The Balaban J connectivity index is 2.40. The van der Waals surface area contributed by atoms with Crippen molar-refractivity contribution in [1.29, 1.82) is 0 Å². The summed E-state index contributed by atoms with van der Waals surface area (Å²) in [5.41, 5.74) is 1.75. The highest BCUT2D eigenvalue weighted by Gasteiger charge is 2.29. The summed E-state index contributed by atoms with van der Waals surface area (Å²) in [5, 5.41) is 11.8. The Bertz CT molecular complexity index is 419. The van der Waals surface area contributed by atoms with E-state index in [4.69, 9.17) is 9.84 Å². The van der Waals surface area contributed by atoms with Gasteiger partial charge in [-0.15, -0.1) is 0 Å². The Kier molecular flexibility index (Phi) is 2.56. The van der Waals surface area contributed by atoms with Gasteiger partial charge in [0.25, 0.3) is 0 Å². The fraction of sp³-hybridized carbons (Fsp3) is 0.300. The predicted molar refractivity (Wildman–Crippen MR) is 59.4 cm³/mol. The number of hydrogen-bond acceptors (Lipinski definition) is 3. The van der Waals surface area contributed by atoms with Crippen LogP contribution in [0.2, 0.25) is 0 Å². The number of carboxylic acid groups (broad SMARTS) is 1. The Morgan fingerprint density at radius 2 is 2.40 bits per heavy atom. The summed E-state index contributed by atoms with van der Waals surface area (Å²) in [7, 11) is 1.58. The molecule has 2 rings (SSSR count). The molecule has 0 aliphatic carbocycles. The van der Waals surface area contributed by atoms with E-state index in [0.717, 1.165) is 21.5 Å². The van der Waals surface area contributed by atoms with Crippen LogP contribution in [0.5, 0.6) is 5.75 Å². The SMILES string of the molecule is COc1cc(Br)cc2c1CC(C(=O)O)N2. The summed E-state index contributed by atoms with van der Waals surface area (Å²) in [6.45, 7) is 0. The second-order valence-corrected chi connectivity index (χ2v) is 4.29. The molecule has 1 heterocycles. The summed E-state index contributed by atoms with van der Waals surface area (Å²) in [6, 6.07) is 3.15. The first-order chi connectivity index (χ1) is 7.11. The minimum atomic E-state index is -0.843. The average Bonchev–Trinajstić information content (AvgIpc) is 2.59. The highest BCUT2D eigenvalue weighted by Crippen LogP contribution is 2.36. The molecule has 5 heteroatoms. The second kappa shape index (κ2) is 3.73. The van der Waals surface area contributed by atoms with E-state index in [1.807, 2.05) is 12.1 Å². The largest absolute Gasteiger partial charge is 0.496 e. The van der Waals surface area contributed by atoms with Crippen LogP contribution < -0.4 is 10.1 Å². The lowest BCUT2D eigenvalue weighted by Crippen LogP contribution is -2.26. The van der Waals surface area contributed by atoms with Crippen molar-refractivity contribution in [3.8, 4) is 5.75 Å². The van der Waals surface area contributed by atoms with Crippen LogP contribution >= 0.6 is 15.9 Å². The lowest BCUT2D eigenvalue weighted by Gasteiger charge is -2.06. The number of methoxy groups -OCH3 is 1. The van der Waals surface area contributed by atoms with Crippen LogP contribution in [0, 0.1) is 0 Å². The molecular weight excluding hydrogens is 262 g/mol. The van der Waals surface area contributed by atoms with E-state index in [2.05, 4.69) is 21.2 Å². The Morgan fingerprint density at radius 3 is 3.00 bits per heavy atom. The molecule has 0 saturated heterocycles. The van der Waals surface area contributed by atoms with Crippen molar-refractivity contribution in [2.75, 3.05) is 12.4 Å². The fourth-order valence-corrected chi connectivity index (χ4v) is 2.16. The molecule has 80 valence electrons. The molecule has 0 bridgehead atoms. The van der Waals surface area contributed by atoms with E-state index >= 15 is 0 Å². The molecule has 0 amide bonds. The third-order valence-corrected chi connectivity index (χ3v) is 2.89. The van der Waals surface area contributed by atoms with Crippen molar-refractivity contribution < 1.29 is 14.6 Å². The molecule has 2 N–H and O–H groups in total. The highest BCUT2D eigenvalue weighted by atomic mass is 79.9. The quantitative estimate of drug-likeness (QED) is 0.863. The number of rotatable bonds is 2. The maximum Gasteiger partial charge on any atom is 0.326 e. The van der Waals surface area contributed by atoms with E-state index in [0.29, 0.717) is 6.42 Å². The van der Waals surface area contributed by atoms with Crippen molar-refractivity contribution in [1.82, 2.24) is 0 Å². The number of nitrogens with one attached hydrogen (secondary N) is 1. The number of anilines is 1. The number of carbonyl (C=O) groups is 1. The van der Waals surface area contributed by atoms with Crippen LogP contribution in [0.25, 0.3) is 0 Å². The van der Waals surface area contributed by atoms with Crippen molar-refractivity contribution in [3.63, 3.8) is 0 Å². The fourth-order valence-electron chi connectivity index (χ4n) is 1.73. The summed E-state index contributed by atoms with van der Waals surface area (Å²) in [6.07, 6.45) is 0.459. The molecule has 0 saturated carbocycles. The minimum Gasteiger partial charge on any atom is -0.496 e. The average molecular weight is 272 g/mol. The topological polar surface area (TPSA) is 58.6 Å². The zero-order chi connectivity index (χ0) is 11.0. The predicted octanol–water partition coefficient (Wildman–Crippen LogP) is 1.88. The van der Waals surface area contributed by atoms with Gasteiger partial charge < -0.3 is 15.2 Å². The van der Waals surface area contributed by atoms with Crippen molar-refractivity contribution in [2.24, 2.45) is 0 Å². The molecular formula is C10H10BrNO3. The van der Waals surface area contributed by atoms with Gasteiger partial charge in [-0.05, 0) is 12.1 Å². The third-order valence-electron chi connectivity index (χ3n) is 2.43. The molecule has 15 heavy (non-hydrogen) atoms. The van der Waals surface area contributed by atoms with E-state index in [1.54, 1.807) is 7.11 Å². The minimum absolute atomic E-state index is 0.459. The molecule has 0 fully saturated rings. The number of halogens is 1. The normalized spacial score (nSPS) is 18.1. The van der Waals surface area contributed by atoms with Crippen LogP contribution in [0.1, 0.15) is 5.56 Å². The van der Waals surface area contributed by atoms with Gasteiger partial charge in [0.1, 0.15) is 11.8 Å². The molecule has 1 unspecified atom stereocenters. The number of ether oxygens (including phenoxy) is 1. The first-order valence-corrected chi connectivity index (χ1v) is 5.27. The monoisotopic (exact) mass is 271 g/mol. The Labute approximate surface area is 95.4 Å². The van der Waals surface area contributed by atoms with E-state index in [9.17, 15) is 4.79 Å². The number of carboxylic acids is 1. The van der Waals surface area contributed by atoms with Gasteiger partial charge in [-0.25, -0.2) is 4.79 Å². The zero-order valence-electron chi connectivity index (χ0n) is 8.08. The highest BCUT2D eigenvalue weighted by molar-refractivity contribution is 9.10. The van der Waals surface area contributed by atoms with Crippen LogP contribution in [0.3, 0.4) is 0 Å². The van der Waals surface area contributed by atoms with Crippen LogP contribution in [0.4, 0.5) is 5.69 Å². The molecule has 1 aliphatic rings. The Hall–Kier alpha value is -1.23. The zero-order valence-corrected chi connectivity index (χ0v) is 9.67. The molecule has 1 atom stereocenters. The first-order valence-electron chi connectivity index (χ1n) is 4.47. The first kappa shape index (κ1) is 10.3. The molecule has 4 nitrogen and oxygen atoms in total. The van der Waals surface area contributed by atoms with Gasteiger partial charge in [0, 0.05) is 22.1 Å². The maximum atomic E-state index is 10.8. The van der Waals surface area contributed by atoms with Crippen molar-refractivity contribution in [2.45, 2.75) is 12.5 Å². The van der Waals surface area contributed by atoms with E-state index in [-0.39, 0.29) is 0 Å². The van der Waals surface area contributed by atoms with Gasteiger partial charge in [0.2, 0.25) is 0 Å². The lowest BCUT2D eigenvalue weighted by molar-refractivity contribution is -0.137. The smallest absolute Gasteiger partial charge is 0.326 e. The molecule has 0 aromatic heterocycles. The van der Waals surface area contributed by atoms with E-state index in [1.165, 1.54) is 0 Å². The van der Waals surface area contributed by atoms with Gasteiger partial charge in [0.15, 0.2) is 0 Å². The van der Waals surface area contributed by atoms with Crippen LogP contribution in [0.15, 0.2) is 16.6 Å². The van der Waals surface area contributed by atoms with Gasteiger partial charge in [-0.2, -0.15) is 0 Å². The van der Waals surface area contributed by atoms with Gasteiger partial charge in [0.05, 0.1) is 7.11 Å². The molecule has 0 spiro atoms. The molecule has 1 aliphatic heterocycles. The third kappa shape index (κ3) is 1.79. The Morgan fingerprint density at radius 1 is 1.67 bits per heavy atom. The van der Waals surface area contributed by atoms with E-state index < -0.39 is 12.0 Å². The van der Waals surface area contributed by atoms with Crippen LogP contribution in [-0.2, 0) is 11.2 Å². The van der Waals surface area contributed by atoms with Gasteiger partial charge in [-0.3, -0.25) is 0 Å². The summed E-state index contributed by atoms with van der Waals surface area (Å²) in [4.78, 5) is 10.8. The standard InChI is InChI=1S/C10H10BrNO3/c1-15-9-3-5(11)2-7-6(9)4-8(12-7)10(13)14/h2-3,8,12H,4H2,1H3,(H,13,14). The number of hydrogen-bond donors (Lipinski definition) is 2. The van der Waals surface area contributed by atoms with Crippen molar-refractivity contribution >= 4 is 27.6 Å². The maximum absolute atomic E-state index is 10.8. The molecule has 0 radical (unpaired) electrons. The summed E-state index contributed by atoms with van der Waals surface area (Å²) < 4.78 is 6.07. The van der Waals surface area contributed by atoms with Crippen LogP contribution in [-0.4, -0.2) is 24.2 Å².